The zero-order valence-corrected chi connectivity index (χ0v) is 18.0. The summed E-state index contributed by atoms with van der Waals surface area (Å²) >= 11 is 1.41. The minimum Gasteiger partial charge on any atom is -0.461 e. The number of thioether (sulfide) groups is 1. The van der Waals surface area contributed by atoms with Gasteiger partial charge in [-0.05, 0) is 42.7 Å². The molecule has 0 radical (unpaired) electrons. The Hall–Kier alpha value is -3.32. The summed E-state index contributed by atoms with van der Waals surface area (Å²) < 4.78 is 7.57. The van der Waals surface area contributed by atoms with Crippen molar-refractivity contribution in [2.24, 2.45) is 0 Å². The lowest BCUT2D eigenvalue weighted by Crippen LogP contribution is -2.37. The third kappa shape index (κ3) is 3.88. The van der Waals surface area contributed by atoms with E-state index in [1.54, 1.807) is 6.26 Å². The van der Waals surface area contributed by atoms with Gasteiger partial charge in [-0.2, -0.15) is 0 Å². The number of fused-ring (bicyclic) bond motifs is 1. The van der Waals surface area contributed by atoms with E-state index in [2.05, 4.69) is 35.3 Å². The summed E-state index contributed by atoms with van der Waals surface area (Å²) in [5, 5.41) is 9.43. The van der Waals surface area contributed by atoms with E-state index in [1.165, 1.54) is 17.3 Å². The van der Waals surface area contributed by atoms with Crippen LogP contribution in [0, 0.1) is 0 Å². The first-order valence-corrected chi connectivity index (χ1v) is 11.2. The number of aromatic nitrogens is 3. The first-order valence-electron chi connectivity index (χ1n) is 10.2. The van der Waals surface area contributed by atoms with Gasteiger partial charge in [-0.15, -0.1) is 10.2 Å². The van der Waals surface area contributed by atoms with Gasteiger partial charge in [-0.1, -0.05) is 60.3 Å². The Labute approximate surface area is 184 Å². The van der Waals surface area contributed by atoms with Crippen LogP contribution in [0.5, 0.6) is 0 Å². The van der Waals surface area contributed by atoms with Crippen molar-refractivity contribution in [3.63, 3.8) is 0 Å². The number of carbonyl (C=O) groups is 1. The van der Waals surface area contributed by atoms with Crippen LogP contribution >= 0.6 is 11.8 Å². The fourth-order valence-electron chi connectivity index (χ4n) is 4.03. The number of carbonyl (C=O) groups excluding carboxylic acids is 1. The molecule has 6 nitrogen and oxygen atoms in total. The van der Waals surface area contributed by atoms with E-state index in [9.17, 15) is 4.79 Å². The summed E-state index contributed by atoms with van der Waals surface area (Å²) in [5.74, 6) is 1.69. The van der Waals surface area contributed by atoms with E-state index in [0.717, 1.165) is 17.7 Å². The number of furan rings is 1. The molecule has 0 N–H and O–H groups in total. The lowest BCUT2D eigenvalue weighted by molar-refractivity contribution is -0.116. The first-order chi connectivity index (χ1) is 15.2. The minimum absolute atomic E-state index is 0.0799. The Morgan fingerprint density at radius 3 is 2.68 bits per heavy atom. The Morgan fingerprint density at radius 2 is 1.87 bits per heavy atom. The highest BCUT2D eigenvalue weighted by Crippen LogP contribution is 2.33. The molecule has 1 amide bonds. The summed E-state index contributed by atoms with van der Waals surface area (Å²) in [6, 6.07) is 22.1. The number of nitrogens with zero attached hydrogens (tertiary/aromatic N) is 4. The summed E-state index contributed by atoms with van der Waals surface area (Å²) in [4.78, 5) is 15.0. The lowest BCUT2D eigenvalue weighted by atomic mass is 10.1. The SMILES string of the molecule is C[C@H]1Cc2ccccc2N1C(=O)CSc1nnc(-c2ccco2)n1Cc1ccccc1. The minimum atomic E-state index is 0.0799. The fraction of sp³-hybridized carbons (Fsp3) is 0.208. The maximum atomic E-state index is 13.1. The smallest absolute Gasteiger partial charge is 0.237 e. The predicted octanol–water partition coefficient (Wildman–Crippen LogP) is 4.66. The number of hydrogen-bond donors (Lipinski definition) is 0. The van der Waals surface area contributed by atoms with Crippen LogP contribution in [0.2, 0.25) is 0 Å². The third-order valence-electron chi connectivity index (χ3n) is 5.44. The molecular weight excluding hydrogens is 408 g/mol. The molecule has 0 saturated carbocycles. The number of benzene rings is 2. The van der Waals surface area contributed by atoms with Gasteiger partial charge in [0.25, 0.3) is 0 Å². The highest BCUT2D eigenvalue weighted by Gasteiger charge is 2.30. The van der Waals surface area contributed by atoms with Gasteiger partial charge >= 0.3 is 0 Å². The van der Waals surface area contributed by atoms with Crippen LogP contribution in [0.15, 0.2) is 82.6 Å². The summed E-state index contributed by atoms with van der Waals surface area (Å²) in [5.41, 5.74) is 3.37. The molecule has 0 unspecified atom stereocenters. The van der Waals surface area contributed by atoms with Crippen molar-refractivity contribution in [2.75, 3.05) is 10.7 Å². The van der Waals surface area contributed by atoms with E-state index in [1.807, 2.05) is 58.0 Å². The molecule has 3 heterocycles. The molecule has 0 spiro atoms. The molecule has 0 fully saturated rings. The van der Waals surface area contributed by atoms with Crippen molar-refractivity contribution in [3.05, 3.63) is 84.1 Å². The monoisotopic (exact) mass is 430 g/mol. The van der Waals surface area contributed by atoms with Gasteiger partial charge in [0.05, 0.1) is 18.6 Å². The highest BCUT2D eigenvalue weighted by molar-refractivity contribution is 7.99. The standard InChI is InChI=1S/C24H22N4O2S/c1-17-14-19-10-5-6-11-20(19)28(17)22(29)16-31-24-26-25-23(21-12-7-13-30-21)27(24)15-18-8-3-2-4-9-18/h2-13,17H,14-16H2,1H3/t17-/m0/s1. The molecule has 31 heavy (non-hydrogen) atoms. The van der Waals surface area contributed by atoms with Crippen LogP contribution < -0.4 is 4.90 Å². The maximum absolute atomic E-state index is 13.1. The van der Waals surface area contributed by atoms with E-state index >= 15 is 0 Å². The van der Waals surface area contributed by atoms with Crippen LogP contribution in [-0.2, 0) is 17.8 Å². The molecule has 2 aromatic carbocycles. The number of rotatable bonds is 6. The normalized spacial score (nSPS) is 15.3. The molecule has 4 aromatic rings. The molecular formula is C24H22N4O2S. The Morgan fingerprint density at radius 1 is 1.06 bits per heavy atom. The van der Waals surface area contributed by atoms with Gasteiger partial charge in [-0.25, -0.2) is 0 Å². The van der Waals surface area contributed by atoms with Gasteiger partial charge < -0.3 is 9.32 Å². The Kier molecular flexibility index (Phi) is 5.34. The zero-order chi connectivity index (χ0) is 21.2. The predicted molar refractivity (Wildman–Crippen MR) is 121 cm³/mol. The largest absolute Gasteiger partial charge is 0.461 e. The zero-order valence-electron chi connectivity index (χ0n) is 17.1. The summed E-state index contributed by atoms with van der Waals surface area (Å²) in [6.07, 6.45) is 2.51. The second-order valence-corrected chi connectivity index (χ2v) is 8.53. The van der Waals surface area contributed by atoms with Gasteiger partial charge in [0.2, 0.25) is 11.7 Å². The number of amides is 1. The number of anilines is 1. The molecule has 1 aliphatic rings. The molecule has 2 aromatic heterocycles. The van der Waals surface area contributed by atoms with E-state index in [4.69, 9.17) is 4.42 Å². The van der Waals surface area contributed by atoms with E-state index in [-0.39, 0.29) is 11.9 Å². The van der Waals surface area contributed by atoms with Gasteiger partial charge in [0, 0.05) is 11.7 Å². The molecule has 0 bridgehead atoms. The van der Waals surface area contributed by atoms with Crippen LogP contribution in [0.25, 0.3) is 11.6 Å². The fourth-order valence-corrected chi connectivity index (χ4v) is 4.83. The van der Waals surface area contributed by atoms with E-state index in [0.29, 0.717) is 29.0 Å². The van der Waals surface area contributed by atoms with Crippen molar-refractivity contribution < 1.29 is 9.21 Å². The maximum Gasteiger partial charge on any atom is 0.237 e. The average Bonchev–Trinajstić information content (AvgIpc) is 3.51. The molecule has 1 atom stereocenters. The molecule has 0 aliphatic carbocycles. The Balaban J connectivity index is 1.39. The topological polar surface area (TPSA) is 64.2 Å². The summed E-state index contributed by atoms with van der Waals surface area (Å²) in [7, 11) is 0. The Bertz CT molecular complexity index is 1190. The molecule has 0 saturated heterocycles. The lowest BCUT2D eigenvalue weighted by Gasteiger charge is -2.22. The second kappa shape index (κ2) is 8.43. The van der Waals surface area contributed by atoms with Gasteiger partial charge in [0.15, 0.2) is 10.9 Å². The highest BCUT2D eigenvalue weighted by atomic mass is 32.2. The molecule has 7 heteroatoms. The van der Waals surface area contributed by atoms with Crippen molar-refractivity contribution in [1.82, 2.24) is 14.8 Å². The van der Waals surface area contributed by atoms with E-state index < -0.39 is 0 Å². The number of hydrogen-bond acceptors (Lipinski definition) is 5. The van der Waals surface area contributed by atoms with Gasteiger partial charge in [0.1, 0.15) is 0 Å². The molecule has 5 rings (SSSR count). The van der Waals surface area contributed by atoms with Crippen LogP contribution in [-0.4, -0.2) is 32.5 Å². The molecule has 156 valence electrons. The van der Waals surface area contributed by atoms with Crippen molar-refractivity contribution in [3.8, 4) is 11.6 Å². The van der Waals surface area contributed by atoms with Crippen LogP contribution in [0.1, 0.15) is 18.1 Å². The second-order valence-electron chi connectivity index (χ2n) is 7.59. The van der Waals surface area contributed by atoms with Crippen LogP contribution in [0.4, 0.5) is 5.69 Å². The number of para-hydroxylation sites is 1. The summed E-state index contributed by atoms with van der Waals surface area (Å²) in [6.45, 7) is 2.69. The van der Waals surface area contributed by atoms with Crippen molar-refractivity contribution in [1.29, 1.82) is 0 Å². The van der Waals surface area contributed by atoms with Gasteiger partial charge in [-0.3, -0.25) is 9.36 Å². The quantitative estimate of drug-likeness (QED) is 0.417. The molecule has 1 aliphatic heterocycles. The van der Waals surface area contributed by atoms with Crippen molar-refractivity contribution >= 4 is 23.4 Å². The van der Waals surface area contributed by atoms with Crippen LogP contribution in [0.3, 0.4) is 0 Å². The average molecular weight is 431 g/mol. The van der Waals surface area contributed by atoms with Crippen molar-refractivity contribution in [2.45, 2.75) is 31.1 Å². The third-order valence-corrected chi connectivity index (χ3v) is 6.39. The first kappa shape index (κ1) is 19.6.